The van der Waals surface area contributed by atoms with Gasteiger partial charge < -0.3 is 20.1 Å². The molecule has 23 heavy (non-hydrogen) atoms. The molecule has 1 aliphatic heterocycles. The zero-order chi connectivity index (χ0) is 16.2. The average Bonchev–Trinajstić information content (AvgIpc) is 2.98. The molecule has 2 atom stereocenters. The molecule has 3 rings (SSSR count). The third-order valence-corrected chi connectivity index (χ3v) is 5.12. The fourth-order valence-corrected chi connectivity index (χ4v) is 3.98. The highest BCUT2D eigenvalue weighted by Gasteiger charge is 2.39. The van der Waals surface area contributed by atoms with Crippen molar-refractivity contribution in [3.63, 3.8) is 0 Å². The van der Waals surface area contributed by atoms with Crippen LogP contribution in [0, 0.1) is 5.92 Å². The summed E-state index contributed by atoms with van der Waals surface area (Å²) in [5.74, 6) is 1.17. The summed E-state index contributed by atoms with van der Waals surface area (Å²) in [6.07, 6.45) is 6.37. The second-order valence-corrected chi connectivity index (χ2v) is 6.64. The lowest BCUT2D eigenvalue weighted by atomic mass is 9.83. The molecular weight excluding hydrogens is 292 g/mol. The number of rotatable bonds is 3. The number of hydrogen-bond donors (Lipinski definition) is 2. The highest BCUT2D eigenvalue weighted by molar-refractivity contribution is 5.91. The van der Waals surface area contributed by atoms with Crippen LogP contribution < -0.4 is 10.1 Å². The van der Waals surface area contributed by atoms with Crippen LogP contribution in [0.1, 0.15) is 38.5 Å². The fraction of sp³-hybridized carbons (Fsp3) is 0.611. The summed E-state index contributed by atoms with van der Waals surface area (Å²) in [5.41, 5.74) is 0.670. The minimum Gasteiger partial charge on any atom is -0.495 e. The largest absolute Gasteiger partial charge is 0.495 e. The molecule has 0 spiro atoms. The minimum absolute atomic E-state index is 0.137. The van der Waals surface area contributed by atoms with Gasteiger partial charge in [0.15, 0.2) is 0 Å². The molecule has 1 saturated carbocycles. The highest BCUT2D eigenvalue weighted by Crippen LogP contribution is 2.35. The Balaban J connectivity index is 1.71. The number of β-amino-alcohol motifs (C(OH)–C–C–N with tert-alkyl or cyclic N) is 1. The summed E-state index contributed by atoms with van der Waals surface area (Å²) >= 11 is 0. The van der Waals surface area contributed by atoms with Crippen LogP contribution in [0.2, 0.25) is 0 Å². The minimum atomic E-state index is -0.412. The Bertz CT molecular complexity index is 543. The van der Waals surface area contributed by atoms with Crippen molar-refractivity contribution in [2.75, 3.05) is 19.0 Å². The molecule has 1 aliphatic carbocycles. The molecule has 1 aromatic carbocycles. The number of carbonyl (C=O) groups is 1. The molecule has 5 nitrogen and oxygen atoms in total. The summed E-state index contributed by atoms with van der Waals surface area (Å²) < 4.78 is 5.29. The van der Waals surface area contributed by atoms with Crippen LogP contribution in [0.15, 0.2) is 24.3 Å². The molecule has 2 fully saturated rings. The zero-order valence-electron chi connectivity index (χ0n) is 13.7. The van der Waals surface area contributed by atoms with Gasteiger partial charge in [-0.15, -0.1) is 0 Å². The van der Waals surface area contributed by atoms with Gasteiger partial charge in [0.1, 0.15) is 5.75 Å². The number of ether oxygens (including phenoxy) is 1. The van der Waals surface area contributed by atoms with E-state index in [0.717, 1.165) is 12.8 Å². The molecule has 2 amide bonds. The zero-order valence-corrected chi connectivity index (χ0v) is 13.7. The van der Waals surface area contributed by atoms with Gasteiger partial charge in [0.2, 0.25) is 0 Å². The fourth-order valence-electron chi connectivity index (χ4n) is 3.98. The second-order valence-electron chi connectivity index (χ2n) is 6.64. The summed E-state index contributed by atoms with van der Waals surface area (Å²) in [4.78, 5) is 14.6. The number of para-hydroxylation sites is 2. The number of aliphatic hydroxyl groups is 1. The molecule has 2 aliphatic rings. The smallest absolute Gasteiger partial charge is 0.322 e. The molecular formula is C18H26N2O3. The maximum Gasteiger partial charge on any atom is 0.322 e. The van der Waals surface area contributed by atoms with Gasteiger partial charge in [0.25, 0.3) is 0 Å². The van der Waals surface area contributed by atoms with Crippen LogP contribution in [0.5, 0.6) is 5.75 Å². The summed E-state index contributed by atoms with van der Waals surface area (Å²) in [5, 5.41) is 13.0. The SMILES string of the molecule is COc1ccccc1NC(=O)N1C[C@H](O)C[C@@H]1C1CCCCC1. The van der Waals surface area contributed by atoms with Crippen molar-refractivity contribution in [1.82, 2.24) is 4.90 Å². The van der Waals surface area contributed by atoms with E-state index in [9.17, 15) is 9.90 Å². The first-order chi connectivity index (χ1) is 11.2. The lowest BCUT2D eigenvalue weighted by Gasteiger charge is -2.33. The molecule has 0 unspecified atom stereocenters. The van der Waals surface area contributed by atoms with Gasteiger partial charge in [-0.3, -0.25) is 0 Å². The summed E-state index contributed by atoms with van der Waals surface area (Å²) in [6.45, 7) is 0.419. The number of aliphatic hydroxyl groups excluding tert-OH is 1. The Morgan fingerprint density at radius 3 is 2.74 bits per heavy atom. The Morgan fingerprint density at radius 1 is 1.26 bits per heavy atom. The van der Waals surface area contributed by atoms with E-state index in [2.05, 4.69) is 5.32 Å². The van der Waals surface area contributed by atoms with Crippen molar-refractivity contribution in [3.8, 4) is 5.75 Å². The standard InChI is InChI=1S/C18H26N2O3/c1-23-17-10-6-5-9-15(17)19-18(22)20-12-14(21)11-16(20)13-7-3-2-4-8-13/h5-6,9-10,13-14,16,21H,2-4,7-8,11-12H2,1H3,(H,19,22)/t14-,16-/m1/s1. The number of nitrogens with one attached hydrogen (secondary N) is 1. The van der Waals surface area contributed by atoms with Gasteiger partial charge in [-0.1, -0.05) is 31.4 Å². The van der Waals surface area contributed by atoms with E-state index in [-0.39, 0.29) is 12.1 Å². The van der Waals surface area contributed by atoms with Crippen molar-refractivity contribution < 1.29 is 14.6 Å². The van der Waals surface area contributed by atoms with Crippen LogP contribution in [0.25, 0.3) is 0 Å². The molecule has 1 heterocycles. The topological polar surface area (TPSA) is 61.8 Å². The van der Waals surface area contributed by atoms with Crippen LogP contribution in [0.3, 0.4) is 0 Å². The molecule has 0 bridgehead atoms. The molecule has 2 N–H and O–H groups in total. The van der Waals surface area contributed by atoms with Gasteiger partial charge >= 0.3 is 6.03 Å². The number of anilines is 1. The van der Waals surface area contributed by atoms with Crippen molar-refractivity contribution in [1.29, 1.82) is 0 Å². The maximum atomic E-state index is 12.7. The average molecular weight is 318 g/mol. The maximum absolute atomic E-state index is 12.7. The van der Waals surface area contributed by atoms with Crippen LogP contribution >= 0.6 is 0 Å². The Hall–Kier alpha value is -1.75. The lowest BCUT2D eigenvalue weighted by Crippen LogP contribution is -2.43. The quantitative estimate of drug-likeness (QED) is 0.899. The van der Waals surface area contributed by atoms with E-state index in [1.165, 1.54) is 19.3 Å². The van der Waals surface area contributed by atoms with Crippen LogP contribution in [-0.2, 0) is 0 Å². The third-order valence-electron chi connectivity index (χ3n) is 5.12. The number of methoxy groups -OCH3 is 1. The van der Waals surface area contributed by atoms with Gasteiger partial charge in [0.05, 0.1) is 18.9 Å². The summed E-state index contributed by atoms with van der Waals surface area (Å²) in [7, 11) is 1.59. The predicted molar refractivity (Wildman–Crippen MR) is 89.7 cm³/mol. The Morgan fingerprint density at radius 2 is 2.00 bits per heavy atom. The van der Waals surface area contributed by atoms with Gasteiger partial charge in [-0.05, 0) is 37.3 Å². The van der Waals surface area contributed by atoms with Gasteiger partial charge in [-0.25, -0.2) is 4.79 Å². The molecule has 1 aromatic rings. The normalized spacial score (nSPS) is 25.4. The van der Waals surface area contributed by atoms with Crippen molar-refractivity contribution in [2.24, 2.45) is 5.92 Å². The van der Waals surface area contributed by atoms with E-state index < -0.39 is 6.10 Å². The van der Waals surface area contributed by atoms with Crippen molar-refractivity contribution >= 4 is 11.7 Å². The van der Waals surface area contributed by atoms with Crippen molar-refractivity contribution in [3.05, 3.63) is 24.3 Å². The first kappa shape index (κ1) is 16.1. The van der Waals surface area contributed by atoms with E-state index >= 15 is 0 Å². The number of likely N-dealkylation sites (tertiary alicyclic amines) is 1. The molecule has 0 aromatic heterocycles. The van der Waals surface area contributed by atoms with E-state index in [0.29, 0.717) is 30.3 Å². The molecule has 0 radical (unpaired) electrons. The predicted octanol–water partition coefficient (Wildman–Crippen LogP) is 3.24. The number of amides is 2. The van der Waals surface area contributed by atoms with Crippen molar-refractivity contribution in [2.45, 2.75) is 50.7 Å². The second kappa shape index (κ2) is 7.21. The molecule has 1 saturated heterocycles. The van der Waals surface area contributed by atoms with E-state index in [1.807, 2.05) is 29.2 Å². The number of carbonyl (C=O) groups excluding carboxylic acids is 1. The first-order valence-corrected chi connectivity index (χ1v) is 8.57. The van der Waals surface area contributed by atoms with E-state index in [1.54, 1.807) is 7.11 Å². The lowest BCUT2D eigenvalue weighted by molar-refractivity contribution is 0.164. The highest BCUT2D eigenvalue weighted by atomic mass is 16.5. The number of benzene rings is 1. The Kier molecular flexibility index (Phi) is 5.06. The molecule has 5 heteroatoms. The van der Waals surface area contributed by atoms with Gasteiger partial charge in [-0.2, -0.15) is 0 Å². The Labute approximate surface area is 137 Å². The third kappa shape index (κ3) is 3.61. The van der Waals surface area contributed by atoms with Gasteiger partial charge in [0, 0.05) is 12.6 Å². The number of urea groups is 1. The molecule has 126 valence electrons. The monoisotopic (exact) mass is 318 g/mol. The van der Waals surface area contributed by atoms with Crippen LogP contribution in [0.4, 0.5) is 10.5 Å². The van der Waals surface area contributed by atoms with E-state index in [4.69, 9.17) is 4.74 Å². The summed E-state index contributed by atoms with van der Waals surface area (Å²) in [6, 6.07) is 7.42. The van der Waals surface area contributed by atoms with Crippen LogP contribution in [-0.4, -0.2) is 41.8 Å². The number of nitrogens with zero attached hydrogens (tertiary/aromatic N) is 1. The number of hydrogen-bond acceptors (Lipinski definition) is 3. The first-order valence-electron chi connectivity index (χ1n) is 8.57.